The van der Waals surface area contributed by atoms with Crippen molar-refractivity contribution in [2.45, 2.75) is 31.8 Å². The highest BCUT2D eigenvalue weighted by Crippen LogP contribution is 2.20. The predicted octanol–water partition coefficient (Wildman–Crippen LogP) is 1.62. The third-order valence-electron chi connectivity index (χ3n) is 1.57. The summed E-state index contributed by atoms with van der Waals surface area (Å²) in [6.45, 7) is 0. The molecule has 1 N–H and O–H groups in total. The predicted molar refractivity (Wildman–Crippen MR) is 31.4 cm³/mol. The minimum Gasteiger partial charge on any atom is -0.450 e. The van der Waals surface area contributed by atoms with E-state index in [1.165, 1.54) is 0 Å². The van der Waals surface area contributed by atoms with Crippen LogP contribution in [0.5, 0.6) is 0 Å². The molecule has 0 aromatic heterocycles. The van der Waals surface area contributed by atoms with Crippen molar-refractivity contribution >= 4 is 6.16 Å². The second-order valence-electron chi connectivity index (χ2n) is 2.29. The number of hydrogen-bond donors (Lipinski definition) is 1. The maximum absolute atomic E-state index is 9.93. The Labute approximate surface area is 53.6 Å². The second-order valence-corrected chi connectivity index (χ2v) is 2.29. The largest absolute Gasteiger partial charge is 0.506 e. The molecule has 1 aliphatic rings. The van der Waals surface area contributed by atoms with E-state index in [1.54, 1.807) is 0 Å². The van der Waals surface area contributed by atoms with Gasteiger partial charge in [-0.1, -0.05) is 0 Å². The van der Waals surface area contributed by atoms with Crippen LogP contribution in [0.4, 0.5) is 4.79 Å². The van der Waals surface area contributed by atoms with Gasteiger partial charge in [0.25, 0.3) is 0 Å². The quantitative estimate of drug-likeness (QED) is 0.548. The van der Waals surface area contributed by atoms with Crippen molar-refractivity contribution in [3.05, 3.63) is 0 Å². The Balaban J connectivity index is 2.19. The van der Waals surface area contributed by atoms with Crippen LogP contribution in [-0.2, 0) is 4.74 Å². The molecule has 0 atom stereocenters. The van der Waals surface area contributed by atoms with Gasteiger partial charge in [0.15, 0.2) is 0 Å². The molecule has 52 valence electrons. The molecule has 0 heterocycles. The molecule has 1 saturated carbocycles. The Hall–Kier alpha value is -0.730. The number of ether oxygens (including phenoxy) is 1. The van der Waals surface area contributed by atoms with E-state index < -0.39 is 6.16 Å². The molecule has 0 aromatic carbocycles. The van der Waals surface area contributed by atoms with Crippen LogP contribution in [0.1, 0.15) is 25.7 Å². The number of hydrogen-bond acceptors (Lipinski definition) is 2. The van der Waals surface area contributed by atoms with Gasteiger partial charge >= 0.3 is 6.16 Å². The smallest absolute Gasteiger partial charge is 0.450 e. The van der Waals surface area contributed by atoms with Crippen molar-refractivity contribution in [2.24, 2.45) is 0 Å². The van der Waals surface area contributed by atoms with E-state index >= 15 is 0 Å². The molecular weight excluding hydrogens is 120 g/mol. The molecule has 0 aliphatic heterocycles. The van der Waals surface area contributed by atoms with Gasteiger partial charge in [0.05, 0.1) is 0 Å². The Morgan fingerprint density at radius 1 is 1.44 bits per heavy atom. The van der Waals surface area contributed by atoms with Crippen molar-refractivity contribution in [3.8, 4) is 0 Å². The zero-order valence-electron chi connectivity index (χ0n) is 5.17. The molecule has 0 unspecified atom stereocenters. The molecule has 0 amide bonds. The third kappa shape index (κ3) is 1.91. The molecule has 1 rings (SSSR count). The normalized spacial score (nSPS) is 20.0. The van der Waals surface area contributed by atoms with Gasteiger partial charge in [0, 0.05) is 0 Å². The lowest BCUT2D eigenvalue weighted by Gasteiger charge is -2.05. The molecule has 1 fully saturated rings. The molecule has 1 aliphatic carbocycles. The molecule has 9 heavy (non-hydrogen) atoms. The SMILES string of the molecule is O=C(O)OC1CCCC1. The van der Waals surface area contributed by atoms with E-state index in [0.29, 0.717) is 0 Å². The van der Waals surface area contributed by atoms with Gasteiger partial charge in [0.2, 0.25) is 0 Å². The monoisotopic (exact) mass is 130 g/mol. The first-order valence-corrected chi connectivity index (χ1v) is 3.18. The minimum atomic E-state index is -1.14. The fraction of sp³-hybridized carbons (Fsp3) is 0.833. The van der Waals surface area contributed by atoms with E-state index in [0.717, 1.165) is 25.7 Å². The third-order valence-corrected chi connectivity index (χ3v) is 1.57. The van der Waals surface area contributed by atoms with Gasteiger partial charge in [-0.15, -0.1) is 0 Å². The molecule has 0 radical (unpaired) electrons. The first kappa shape index (κ1) is 6.39. The molecule has 0 saturated heterocycles. The van der Waals surface area contributed by atoms with Gasteiger partial charge in [-0.05, 0) is 25.7 Å². The van der Waals surface area contributed by atoms with Crippen LogP contribution in [0.3, 0.4) is 0 Å². The fourth-order valence-corrected chi connectivity index (χ4v) is 1.15. The molecule has 0 spiro atoms. The van der Waals surface area contributed by atoms with Crippen LogP contribution in [0.25, 0.3) is 0 Å². The molecular formula is C6H10O3. The molecule has 3 nitrogen and oxygen atoms in total. The van der Waals surface area contributed by atoms with Gasteiger partial charge in [0.1, 0.15) is 6.10 Å². The molecule has 0 aromatic rings. The summed E-state index contributed by atoms with van der Waals surface area (Å²) in [4.78, 5) is 9.93. The van der Waals surface area contributed by atoms with E-state index in [9.17, 15) is 4.79 Å². The van der Waals surface area contributed by atoms with Crippen molar-refractivity contribution in [2.75, 3.05) is 0 Å². The standard InChI is InChI=1S/C6H10O3/c7-6(8)9-5-3-1-2-4-5/h5H,1-4H2,(H,7,8). The Bertz CT molecular complexity index is 105. The lowest BCUT2D eigenvalue weighted by molar-refractivity contribution is 0.0547. The maximum atomic E-state index is 9.93. The van der Waals surface area contributed by atoms with Gasteiger partial charge in [-0.2, -0.15) is 0 Å². The average Bonchev–Trinajstić information content (AvgIpc) is 2.15. The zero-order chi connectivity index (χ0) is 6.69. The lowest BCUT2D eigenvalue weighted by Crippen LogP contribution is -2.11. The highest BCUT2D eigenvalue weighted by atomic mass is 16.7. The summed E-state index contributed by atoms with van der Waals surface area (Å²) in [5.74, 6) is 0. The Morgan fingerprint density at radius 2 is 2.00 bits per heavy atom. The average molecular weight is 130 g/mol. The summed E-state index contributed by atoms with van der Waals surface area (Å²) in [5, 5.41) is 8.15. The maximum Gasteiger partial charge on any atom is 0.506 e. The second kappa shape index (κ2) is 2.71. The van der Waals surface area contributed by atoms with Gasteiger partial charge in [-0.25, -0.2) is 4.79 Å². The van der Waals surface area contributed by atoms with Crippen LogP contribution in [-0.4, -0.2) is 17.4 Å². The highest BCUT2D eigenvalue weighted by Gasteiger charge is 2.17. The first-order chi connectivity index (χ1) is 4.29. The number of carbonyl (C=O) groups is 1. The summed E-state index contributed by atoms with van der Waals surface area (Å²) in [7, 11) is 0. The highest BCUT2D eigenvalue weighted by molar-refractivity contribution is 5.57. The Kier molecular flexibility index (Phi) is 1.92. The van der Waals surface area contributed by atoms with Crippen molar-refractivity contribution in [1.29, 1.82) is 0 Å². The molecule has 0 bridgehead atoms. The number of rotatable bonds is 1. The summed E-state index contributed by atoms with van der Waals surface area (Å²) < 4.78 is 4.53. The van der Waals surface area contributed by atoms with Crippen molar-refractivity contribution < 1.29 is 14.6 Å². The first-order valence-electron chi connectivity index (χ1n) is 3.18. The van der Waals surface area contributed by atoms with Gasteiger partial charge in [-0.3, -0.25) is 0 Å². The summed E-state index contributed by atoms with van der Waals surface area (Å²) in [6, 6.07) is 0. The lowest BCUT2D eigenvalue weighted by atomic mass is 10.3. The zero-order valence-corrected chi connectivity index (χ0v) is 5.17. The number of carboxylic acid groups (broad SMARTS) is 1. The summed E-state index contributed by atoms with van der Waals surface area (Å²) in [6.07, 6.45) is 2.89. The summed E-state index contributed by atoms with van der Waals surface area (Å²) in [5.41, 5.74) is 0. The fourth-order valence-electron chi connectivity index (χ4n) is 1.15. The van der Waals surface area contributed by atoms with E-state index in [-0.39, 0.29) is 6.10 Å². The van der Waals surface area contributed by atoms with E-state index in [2.05, 4.69) is 4.74 Å². The van der Waals surface area contributed by atoms with Crippen LogP contribution in [0, 0.1) is 0 Å². The molecule has 3 heteroatoms. The summed E-state index contributed by atoms with van der Waals surface area (Å²) >= 11 is 0. The van der Waals surface area contributed by atoms with Crippen LogP contribution < -0.4 is 0 Å². The minimum absolute atomic E-state index is 0.0116. The Morgan fingerprint density at radius 3 is 2.44 bits per heavy atom. The van der Waals surface area contributed by atoms with Gasteiger partial charge < -0.3 is 9.84 Å². The topological polar surface area (TPSA) is 46.5 Å². The van der Waals surface area contributed by atoms with Crippen LogP contribution in [0.15, 0.2) is 0 Å². The van der Waals surface area contributed by atoms with E-state index in [1.807, 2.05) is 0 Å². The van der Waals surface area contributed by atoms with Crippen LogP contribution >= 0.6 is 0 Å². The van der Waals surface area contributed by atoms with Crippen LogP contribution in [0.2, 0.25) is 0 Å². The van der Waals surface area contributed by atoms with E-state index in [4.69, 9.17) is 5.11 Å². The van der Waals surface area contributed by atoms with Crippen molar-refractivity contribution in [3.63, 3.8) is 0 Å². The van der Waals surface area contributed by atoms with Crippen molar-refractivity contribution in [1.82, 2.24) is 0 Å².